The Morgan fingerprint density at radius 3 is 2.74 bits per heavy atom. The predicted octanol–water partition coefficient (Wildman–Crippen LogP) is 2.71. The summed E-state index contributed by atoms with van der Waals surface area (Å²) in [6, 6.07) is 1.48. The summed E-state index contributed by atoms with van der Waals surface area (Å²) in [5.41, 5.74) is 14.2. The van der Waals surface area contributed by atoms with Gasteiger partial charge in [-0.3, -0.25) is 4.57 Å². The van der Waals surface area contributed by atoms with Crippen LogP contribution in [0.25, 0.3) is 5.69 Å². The molecule has 0 atom stereocenters. The monoisotopic (exact) mass is 280 g/mol. The maximum absolute atomic E-state index is 14.3. The average Bonchev–Trinajstić information content (AvgIpc) is 2.81. The minimum absolute atomic E-state index is 0.0949. The van der Waals surface area contributed by atoms with Gasteiger partial charge >= 0.3 is 0 Å². The second kappa shape index (κ2) is 4.42. The van der Waals surface area contributed by atoms with E-state index in [-0.39, 0.29) is 22.1 Å². The number of nitrogens with two attached hydrogens (primary N) is 2. The first-order valence-corrected chi connectivity index (χ1v) is 6.55. The zero-order valence-electron chi connectivity index (χ0n) is 10.3. The molecule has 4 nitrogen and oxygen atoms in total. The summed E-state index contributed by atoms with van der Waals surface area (Å²) in [7, 11) is 0. The molecule has 0 spiro atoms. The Bertz CT molecular complexity index is 651. The van der Waals surface area contributed by atoms with E-state index < -0.39 is 5.82 Å². The highest BCUT2D eigenvalue weighted by atomic mass is 35.5. The smallest absolute Gasteiger partial charge is 0.170 e. The highest BCUT2D eigenvalue weighted by Crippen LogP contribution is 2.34. The number of imidazole rings is 1. The number of rotatable bonds is 1. The first kappa shape index (κ1) is 12.3. The predicted molar refractivity (Wildman–Crippen MR) is 74.0 cm³/mol. The van der Waals surface area contributed by atoms with E-state index in [0.29, 0.717) is 0 Å². The molecule has 0 aliphatic heterocycles. The molecule has 1 aromatic heterocycles. The Hall–Kier alpha value is -1.75. The lowest BCUT2D eigenvalue weighted by Gasteiger charge is -2.17. The van der Waals surface area contributed by atoms with Crippen LogP contribution in [0.3, 0.4) is 0 Å². The van der Waals surface area contributed by atoms with Gasteiger partial charge in [0.1, 0.15) is 10.7 Å². The van der Waals surface area contributed by atoms with Gasteiger partial charge in [0.25, 0.3) is 0 Å². The number of aromatic nitrogens is 2. The van der Waals surface area contributed by atoms with Gasteiger partial charge in [0.2, 0.25) is 0 Å². The second-order valence-electron chi connectivity index (χ2n) is 4.75. The summed E-state index contributed by atoms with van der Waals surface area (Å²) in [6.07, 6.45) is 5.59. The summed E-state index contributed by atoms with van der Waals surface area (Å²) < 4.78 is 16.0. The Labute approximate surface area is 115 Å². The topological polar surface area (TPSA) is 69.9 Å². The normalized spacial score (nSPS) is 14.4. The molecule has 0 fully saturated rings. The molecule has 0 bridgehead atoms. The highest BCUT2D eigenvalue weighted by molar-refractivity contribution is 6.33. The van der Waals surface area contributed by atoms with Crippen LogP contribution in [0.1, 0.15) is 24.2 Å². The van der Waals surface area contributed by atoms with Gasteiger partial charge in [0, 0.05) is 5.69 Å². The molecule has 1 aliphatic carbocycles. The molecule has 0 unspecified atom stereocenters. The zero-order valence-corrected chi connectivity index (χ0v) is 11.0. The molecule has 0 radical (unpaired) electrons. The minimum atomic E-state index is -0.593. The molecule has 2 aromatic rings. The van der Waals surface area contributed by atoms with Crippen molar-refractivity contribution in [2.24, 2.45) is 0 Å². The maximum Gasteiger partial charge on any atom is 0.170 e. The van der Waals surface area contributed by atoms with Crippen molar-refractivity contribution in [3.8, 4) is 5.69 Å². The fourth-order valence-corrected chi connectivity index (χ4v) is 2.71. The van der Waals surface area contributed by atoms with Gasteiger partial charge in [-0.1, -0.05) is 11.6 Å². The number of aryl methyl sites for hydroxylation is 1. The summed E-state index contributed by atoms with van der Waals surface area (Å²) >= 11 is 5.87. The van der Waals surface area contributed by atoms with Crippen LogP contribution in [0.5, 0.6) is 0 Å². The molecule has 0 saturated heterocycles. The summed E-state index contributed by atoms with van der Waals surface area (Å²) in [6.45, 7) is 0. The number of benzene rings is 1. The molecule has 3 rings (SSSR count). The Kier molecular flexibility index (Phi) is 2.86. The molecule has 1 heterocycles. The van der Waals surface area contributed by atoms with Crippen molar-refractivity contribution in [1.82, 2.24) is 9.55 Å². The van der Waals surface area contributed by atoms with E-state index in [1.807, 2.05) is 0 Å². The molecular weight excluding hydrogens is 267 g/mol. The highest BCUT2D eigenvalue weighted by Gasteiger charge is 2.21. The number of hydrogen-bond donors (Lipinski definition) is 2. The summed E-state index contributed by atoms with van der Waals surface area (Å²) in [4.78, 5) is 4.33. The molecule has 19 heavy (non-hydrogen) atoms. The van der Waals surface area contributed by atoms with E-state index in [1.54, 1.807) is 10.9 Å². The minimum Gasteiger partial charge on any atom is -0.397 e. The average molecular weight is 281 g/mol. The number of hydrogen-bond acceptors (Lipinski definition) is 3. The van der Waals surface area contributed by atoms with E-state index in [4.69, 9.17) is 23.1 Å². The summed E-state index contributed by atoms with van der Waals surface area (Å²) in [5.74, 6) is -0.593. The van der Waals surface area contributed by atoms with E-state index in [9.17, 15) is 4.39 Å². The van der Waals surface area contributed by atoms with E-state index in [2.05, 4.69) is 4.98 Å². The second-order valence-corrected chi connectivity index (χ2v) is 5.12. The number of nitrogens with zero attached hydrogens (tertiary/aromatic N) is 2. The van der Waals surface area contributed by atoms with Crippen molar-refractivity contribution in [1.29, 1.82) is 0 Å². The number of halogens is 2. The van der Waals surface area contributed by atoms with Crippen LogP contribution in [-0.4, -0.2) is 9.55 Å². The lowest BCUT2D eigenvalue weighted by molar-refractivity contribution is 0.610. The number of anilines is 2. The van der Waals surface area contributed by atoms with Crippen LogP contribution in [-0.2, 0) is 12.8 Å². The number of fused-ring (bicyclic) bond motifs is 1. The Morgan fingerprint density at radius 2 is 1.95 bits per heavy atom. The van der Waals surface area contributed by atoms with Crippen LogP contribution in [0.4, 0.5) is 15.8 Å². The van der Waals surface area contributed by atoms with Gasteiger partial charge in [-0.2, -0.15) is 0 Å². The van der Waals surface area contributed by atoms with Crippen molar-refractivity contribution in [2.75, 3.05) is 11.5 Å². The van der Waals surface area contributed by atoms with Gasteiger partial charge in [0.05, 0.1) is 23.4 Å². The lowest BCUT2D eigenvalue weighted by atomic mass is 10.0. The Balaban J connectivity index is 2.23. The van der Waals surface area contributed by atoms with Gasteiger partial charge in [-0.05, 0) is 31.7 Å². The number of nitrogen functional groups attached to an aromatic ring is 2. The molecule has 1 aliphatic rings. The van der Waals surface area contributed by atoms with Crippen molar-refractivity contribution in [3.05, 3.63) is 34.6 Å². The quantitative estimate of drug-likeness (QED) is 0.789. The lowest BCUT2D eigenvalue weighted by Crippen LogP contribution is -2.10. The van der Waals surface area contributed by atoms with Crippen LogP contribution in [0.2, 0.25) is 5.02 Å². The largest absolute Gasteiger partial charge is 0.397 e. The van der Waals surface area contributed by atoms with Crippen LogP contribution in [0.15, 0.2) is 12.4 Å². The van der Waals surface area contributed by atoms with Gasteiger partial charge < -0.3 is 11.5 Å². The fourth-order valence-electron chi connectivity index (χ4n) is 2.56. The standard InChI is InChI=1S/C13H14ClFN4/c14-11-7(16)5-8(17)13(12(11)15)19-6-18-9-3-1-2-4-10(9)19/h5-6H,1-4,16-17H2. The first-order valence-electron chi connectivity index (χ1n) is 6.18. The van der Waals surface area contributed by atoms with Crippen LogP contribution < -0.4 is 11.5 Å². The van der Waals surface area contributed by atoms with Crippen LogP contribution >= 0.6 is 11.6 Å². The van der Waals surface area contributed by atoms with E-state index in [0.717, 1.165) is 37.1 Å². The molecule has 6 heteroatoms. The van der Waals surface area contributed by atoms with Crippen molar-refractivity contribution in [2.45, 2.75) is 25.7 Å². The fraction of sp³-hybridized carbons (Fsp3) is 0.308. The van der Waals surface area contributed by atoms with E-state index in [1.165, 1.54) is 6.07 Å². The van der Waals surface area contributed by atoms with Crippen LogP contribution in [0, 0.1) is 5.82 Å². The van der Waals surface area contributed by atoms with Crippen molar-refractivity contribution >= 4 is 23.0 Å². The third-order valence-corrected chi connectivity index (χ3v) is 3.89. The molecule has 0 saturated carbocycles. The van der Waals surface area contributed by atoms with Crippen molar-refractivity contribution in [3.63, 3.8) is 0 Å². The Morgan fingerprint density at radius 1 is 1.21 bits per heavy atom. The van der Waals surface area contributed by atoms with Gasteiger partial charge in [-0.25, -0.2) is 9.37 Å². The van der Waals surface area contributed by atoms with E-state index >= 15 is 0 Å². The first-order chi connectivity index (χ1) is 9.09. The SMILES string of the molecule is Nc1cc(N)c(-n2cnc3c2CCCC3)c(F)c1Cl. The third-order valence-electron chi connectivity index (χ3n) is 3.51. The summed E-state index contributed by atoms with van der Waals surface area (Å²) in [5, 5.41) is -0.0949. The molecular formula is C13H14ClFN4. The molecule has 1 aromatic carbocycles. The van der Waals surface area contributed by atoms with Crippen molar-refractivity contribution < 1.29 is 4.39 Å². The molecule has 4 N–H and O–H groups in total. The van der Waals surface area contributed by atoms with Gasteiger partial charge in [-0.15, -0.1) is 0 Å². The molecule has 100 valence electrons. The van der Waals surface area contributed by atoms with Gasteiger partial charge in [0.15, 0.2) is 5.82 Å². The molecule has 0 amide bonds. The zero-order chi connectivity index (χ0) is 13.6. The third kappa shape index (κ3) is 1.85. The maximum atomic E-state index is 14.3.